The van der Waals surface area contributed by atoms with Gasteiger partial charge in [-0.2, -0.15) is 13.2 Å². The quantitative estimate of drug-likeness (QED) is 0.754. The molecule has 108 valence electrons. The van der Waals surface area contributed by atoms with E-state index in [4.69, 9.17) is 26.6 Å². The SMILES string of the molecule is O=C(O)C(F)(F)F.O=C(O)c1c(Cl)[nH]c2ccccc12. The van der Waals surface area contributed by atoms with Gasteiger partial charge in [-0.15, -0.1) is 0 Å². The second kappa shape index (κ2) is 5.83. The van der Waals surface area contributed by atoms with Gasteiger partial charge < -0.3 is 15.2 Å². The topological polar surface area (TPSA) is 90.4 Å². The highest BCUT2D eigenvalue weighted by atomic mass is 35.5. The zero-order valence-electron chi connectivity index (χ0n) is 9.53. The highest BCUT2D eigenvalue weighted by Gasteiger charge is 2.38. The van der Waals surface area contributed by atoms with Crippen molar-refractivity contribution >= 4 is 34.4 Å². The lowest BCUT2D eigenvalue weighted by Gasteiger charge is -1.93. The first-order valence-electron chi connectivity index (χ1n) is 4.94. The number of carboxylic acids is 2. The highest BCUT2D eigenvalue weighted by molar-refractivity contribution is 6.34. The summed E-state index contributed by atoms with van der Waals surface area (Å²) in [4.78, 5) is 22.5. The van der Waals surface area contributed by atoms with E-state index in [0.717, 1.165) is 5.52 Å². The van der Waals surface area contributed by atoms with Crippen molar-refractivity contribution in [3.05, 3.63) is 35.0 Å². The summed E-state index contributed by atoms with van der Waals surface area (Å²) < 4.78 is 31.7. The zero-order valence-corrected chi connectivity index (χ0v) is 10.3. The van der Waals surface area contributed by atoms with Crippen molar-refractivity contribution in [2.24, 2.45) is 0 Å². The number of carboxylic acid groups (broad SMARTS) is 2. The van der Waals surface area contributed by atoms with Crippen LogP contribution in [0.1, 0.15) is 10.4 Å². The Kier molecular flexibility index (Phi) is 4.61. The molecule has 0 saturated heterocycles. The van der Waals surface area contributed by atoms with E-state index in [1.807, 2.05) is 6.07 Å². The highest BCUT2D eigenvalue weighted by Crippen LogP contribution is 2.25. The van der Waals surface area contributed by atoms with Crippen LogP contribution < -0.4 is 0 Å². The molecule has 1 aromatic heterocycles. The molecule has 5 nitrogen and oxygen atoms in total. The Labute approximate surface area is 114 Å². The summed E-state index contributed by atoms with van der Waals surface area (Å²) in [5.74, 6) is -3.77. The number of para-hydroxylation sites is 1. The van der Waals surface area contributed by atoms with E-state index in [1.165, 1.54) is 0 Å². The summed E-state index contributed by atoms with van der Waals surface area (Å²) >= 11 is 5.73. The van der Waals surface area contributed by atoms with Gasteiger partial charge in [-0.3, -0.25) is 0 Å². The average Bonchev–Trinajstić information content (AvgIpc) is 2.64. The number of aliphatic carboxylic acids is 1. The maximum absolute atomic E-state index is 10.8. The third-order valence-corrected chi connectivity index (χ3v) is 2.40. The van der Waals surface area contributed by atoms with Crippen LogP contribution in [0.5, 0.6) is 0 Å². The van der Waals surface area contributed by atoms with E-state index >= 15 is 0 Å². The van der Waals surface area contributed by atoms with Crippen molar-refractivity contribution in [2.75, 3.05) is 0 Å². The Morgan fingerprint density at radius 3 is 2.10 bits per heavy atom. The molecule has 2 aromatic rings. The first-order chi connectivity index (χ1) is 9.14. The number of rotatable bonds is 1. The summed E-state index contributed by atoms with van der Waals surface area (Å²) in [5, 5.41) is 16.8. The van der Waals surface area contributed by atoms with Crippen molar-refractivity contribution in [3.8, 4) is 0 Å². The number of hydrogen-bond donors (Lipinski definition) is 3. The number of fused-ring (bicyclic) bond motifs is 1. The number of aromatic nitrogens is 1. The lowest BCUT2D eigenvalue weighted by atomic mass is 10.2. The molecule has 0 aliphatic carbocycles. The van der Waals surface area contributed by atoms with E-state index < -0.39 is 18.1 Å². The molecule has 0 bridgehead atoms. The number of hydrogen-bond acceptors (Lipinski definition) is 2. The van der Waals surface area contributed by atoms with Crippen molar-refractivity contribution in [3.63, 3.8) is 0 Å². The molecule has 1 heterocycles. The zero-order chi connectivity index (χ0) is 15.5. The van der Waals surface area contributed by atoms with E-state index in [1.54, 1.807) is 18.2 Å². The maximum Gasteiger partial charge on any atom is 0.490 e. The number of halogens is 4. The summed E-state index contributed by atoms with van der Waals surface area (Å²) in [7, 11) is 0. The van der Waals surface area contributed by atoms with E-state index in [2.05, 4.69) is 4.98 Å². The lowest BCUT2D eigenvalue weighted by molar-refractivity contribution is -0.192. The molecular weight excluding hydrogens is 303 g/mol. The van der Waals surface area contributed by atoms with Gasteiger partial charge in [0, 0.05) is 10.9 Å². The summed E-state index contributed by atoms with van der Waals surface area (Å²) in [6.45, 7) is 0. The second-order valence-corrected chi connectivity index (χ2v) is 3.85. The minimum absolute atomic E-state index is 0.136. The van der Waals surface area contributed by atoms with Gasteiger partial charge in [0.15, 0.2) is 0 Å². The minimum atomic E-state index is -5.08. The van der Waals surface area contributed by atoms with Crippen molar-refractivity contribution in [2.45, 2.75) is 6.18 Å². The van der Waals surface area contributed by atoms with Crippen LogP contribution in [0.15, 0.2) is 24.3 Å². The molecule has 3 N–H and O–H groups in total. The van der Waals surface area contributed by atoms with Crippen molar-refractivity contribution in [1.29, 1.82) is 0 Å². The molecule has 1 aromatic carbocycles. The molecule has 9 heteroatoms. The molecule has 0 atom stereocenters. The van der Waals surface area contributed by atoms with E-state index in [9.17, 15) is 18.0 Å². The maximum atomic E-state index is 10.8. The Hall–Kier alpha value is -2.22. The Balaban J connectivity index is 0.000000246. The summed E-state index contributed by atoms with van der Waals surface area (Å²) in [6, 6.07) is 7.11. The smallest absolute Gasteiger partial charge is 0.478 e. The fraction of sp³-hybridized carbons (Fsp3) is 0.0909. The normalized spacial score (nSPS) is 10.8. The fourth-order valence-electron chi connectivity index (χ4n) is 1.32. The Bertz CT molecular complexity index is 651. The third-order valence-electron chi connectivity index (χ3n) is 2.12. The van der Waals surface area contributed by atoms with E-state index in [0.29, 0.717) is 5.39 Å². The molecule has 20 heavy (non-hydrogen) atoms. The minimum Gasteiger partial charge on any atom is -0.478 e. The second-order valence-electron chi connectivity index (χ2n) is 3.47. The molecule has 0 aliphatic rings. The Morgan fingerprint density at radius 2 is 1.65 bits per heavy atom. The number of aromatic carboxylic acids is 1. The number of H-pyrrole nitrogens is 1. The van der Waals surface area contributed by atoms with Crippen LogP contribution in [0.2, 0.25) is 5.15 Å². The molecule has 0 radical (unpaired) electrons. The van der Waals surface area contributed by atoms with Gasteiger partial charge in [0.2, 0.25) is 0 Å². The van der Waals surface area contributed by atoms with E-state index in [-0.39, 0.29) is 10.7 Å². The van der Waals surface area contributed by atoms with Gasteiger partial charge in [0.05, 0.1) is 0 Å². The number of alkyl halides is 3. The number of benzene rings is 1. The van der Waals surface area contributed by atoms with Crippen LogP contribution in [-0.4, -0.2) is 33.3 Å². The van der Waals surface area contributed by atoms with Crippen molar-refractivity contribution in [1.82, 2.24) is 4.98 Å². The van der Waals surface area contributed by atoms with Gasteiger partial charge in [-0.05, 0) is 6.07 Å². The summed E-state index contributed by atoms with van der Waals surface area (Å²) in [6.07, 6.45) is -5.08. The monoisotopic (exact) mass is 309 g/mol. The van der Waals surface area contributed by atoms with Crippen LogP contribution in [0.25, 0.3) is 10.9 Å². The standard InChI is InChI=1S/C9H6ClNO2.C2HF3O2/c10-8-7(9(12)13)5-3-1-2-4-6(5)11-8;3-2(4,5)1(6)7/h1-4,11H,(H,12,13);(H,6,7). The molecule has 2 rings (SSSR count). The fourth-order valence-corrected chi connectivity index (χ4v) is 1.60. The number of aromatic amines is 1. The Morgan fingerprint density at radius 1 is 1.15 bits per heavy atom. The average molecular weight is 310 g/mol. The first kappa shape index (κ1) is 15.8. The van der Waals surface area contributed by atoms with Crippen LogP contribution in [-0.2, 0) is 4.79 Å². The van der Waals surface area contributed by atoms with Crippen LogP contribution in [0.3, 0.4) is 0 Å². The van der Waals surface area contributed by atoms with Gasteiger partial charge in [-0.1, -0.05) is 29.8 Å². The van der Waals surface area contributed by atoms with Crippen molar-refractivity contribution < 1.29 is 33.0 Å². The number of nitrogens with one attached hydrogen (secondary N) is 1. The predicted molar refractivity (Wildman–Crippen MR) is 64.0 cm³/mol. The van der Waals surface area contributed by atoms with Crippen LogP contribution in [0, 0.1) is 0 Å². The predicted octanol–water partition coefficient (Wildman–Crippen LogP) is 3.15. The number of carbonyl (C=O) groups is 2. The molecular formula is C11H7ClF3NO4. The molecule has 0 spiro atoms. The largest absolute Gasteiger partial charge is 0.490 e. The van der Waals surface area contributed by atoms with Gasteiger partial charge in [-0.25, -0.2) is 9.59 Å². The van der Waals surface area contributed by atoms with Gasteiger partial charge >= 0.3 is 18.1 Å². The van der Waals surface area contributed by atoms with Crippen LogP contribution in [0.4, 0.5) is 13.2 Å². The van der Waals surface area contributed by atoms with Crippen LogP contribution >= 0.6 is 11.6 Å². The van der Waals surface area contributed by atoms with Gasteiger partial charge in [0.25, 0.3) is 0 Å². The summed E-state index contributed by atoms with van der Waals surface area (Å²) in [5.41, 5.74) is 0.877. The molecule has 0 fully saturated rings. The molecule has 0 saturated carbocycles. The first-order valence-corrected chi connectivity index (χ1v) is 5.32. The molecule has 0 unspecified atom stereocenters. The van der Waals surface area contributed by atoms with Gasteiger partial charge in [0.1, 0.15) is 10.7 Å². The molecule has 0 amide bonds. The third kappa shape index (κ3) is 3.64. The molecule has 0 aliphatic heterocycles. The lowest BCUT2D eigenvalue weighted by Crippen LogP contribution is -2.21.